The van der Waals surface area contributed by atoms with E-state index in [1.165, 1.54) is 0 Å². The number of nitrogens with zero attached hydrogens (tertiary/aromatic N) is 1. The SMILES string of the molecule is CC(C)(C)OC(=O)NCc1ccc(NC(=O)c2ccc(C3=CCN(C(=O)OC(C)(C)C)CC3)o2)cc1. The Morgan fingerprint density at radius 2 is 1.61 bits per heavy atom. The van der Waals surface area contributed by atoms with E-state index in [9.17, 15) is 14.4 Å². The van der Waals surface area contributed by atoms with Gasteiger partial charge in [-0.25, -0.2) is 9.59 Å². The maximum atomic E-state index is 12.6. The van der Waals surface area contributed by atoms with Crippen molar-refractivity contribution >= 4 is 29.4 Å². The Balaban J connectivity index is 1.52. The second-order valence-electron chi connectivity index (χ2n) is 10.6. The van der Waals surface area contributed by atoms with Crippen molar-refractivity contribution in [3.63, 3.8) is 0 Å². The summed E-state index contributed by atoms with van der Waals surface area (Å²) in [6, 6.07) is 10.5. The predicted molar refractivity (Wildman–Crippen MR) is 137 cm³/mol. The minimum absolute atomic E-state index is 0.191. The second-order valence-corrected chi connectivity index (χ2v) is 10.6. The summed E-state index contributed by atoms with van der Waals surface area (Å²) in [6.45, 7) is 12.2. The van der Waals surface area contributed by atoms with Gasteiger partial charge < -0.3 is 29.4 Å². The summed E-state index contributed by atoms with van der Waals surface area (Å²) in [5, 5.41) is 5.50. The molecule has 0 saturated heterocycles. The van der Waals surface area contributed by atoms with Crippen molar-refractivity contribution in [1.29, 1.82) is 0 Å². The molecule has 0 spiro atoms. The van der Waals surface area contributed by atoms with Gasteiger partial charge in [0, 0.05) is 25.3 Å². The molecule has 0 saturated carbocycles. The van der Waals surface area contributed by atoms with E-state index in [-0.39, 0.29) is 17.8 Å². The summed E-state index contributed by atoms with van der Waals surface area (Å²) < 4.78 is 16.4. The van der Waals surface area contributed by atoms with E-state index in [1.54, 1.807) is 49.9 Å². The lowest BCUT2D eigenvalue weighted by atomic mass is 10.1. The molecule has 2 heterocycles. The van der Waals surface area contributed by atoms with E-state index < -0.39 is 17.3 Å². The Labute approximate surface area is 211 Å². The van der Waals surface area contributed by atoms with Gasteiger partial charge in [0.1, 0.15) is 17.0 Å². The van der Waals surface area contributed by atoms with Crippen molar-refractivity contribution in [3.05, 3.63) is 59.6 Å². The molecule has 2 N–H and O–H groups in total. The third-order valence-corrected chi connectivity index (χ3v) is 5.05. The number of ether oxygens (including phenoxy) is 2. The monoisotopic (exact) mass is 497 g/mol. The first-order valence-corrected chi connectivity index (χ1v) is 11.9. The summed E-state index contributed by atoms with van der Waals surface area (Å²) >= 11 is 0. The van der Waals surface area contributed by atoms with Crippen molar-refractivity contribution in [2.75, 3.05) is 18.4 Å². The van der Waals surface area contributed by atoms with Gasteiger partial charge in [0.05, 0.1) is 0 Å². The number of carbonyl (C=O) groups excluding carboxylic acids is 3. The van der Waals surface area contributed by atoms with E-state index in [4.69, 9.17) is 13.9 Å². The molecule has 0 aliphatic carbocycles. The molecule has 3 amide bonds. The second kappa shape index (κ2) is 10.9. The van der Waals surface area contributed by atoms with Crippen LogP contribution in [0.15, 0.2) is 46.9 Å². The third kappa shape index (κ3) is 8.18. The van der Waals surface area contributed by atoms with Gasteiger partial charge in [-0.2, -0.15) is 0 Å². The van der Waals surface area contributed by atoms with Crippen LogP contribution < -0.4 is 10.6 Å². The van der Waals surface area contributed by atoms with E-state index in [2.05, 4.69) is 10.6 Å². The van der Waals surface area contributed by atoms with Crippen LogP contribution in [0, 0.1) is 0 Å². The van der Waals surface area contributed by atoms with Gasteiger partial charge in [-0.15, -0.1) is 0 Å². The summed E-state index contributed by atoms with van der Waals surface area (Å²) in [5.74, 6) is 0.427. The lowest BCUT2D eigenvalue weighted by molar-refractivity contribution is 0.0269. The number of furan rings is 1. The quantitative estimate of drug-likeness (QED) is 0.558. The van der Waals surface area contributed by atoms with Crippen LogP contribution in [-0.2, 0) is 16.0 Å². The normalized spacial score (nSPS) is 14.1. The van der Waals surface area contributed by atoms with Crippen molar-refractivity contribution in [2.45, 2.75) is 65.7 Å². The van der Waals surface area contributed by atoms with Gasteiger partial charge in [0.2, 0.25) is 0 Å². The Kier molecular flexibility index (Phi) is 8.12. The number of benzene rings is 1. The molecule has 0 unspecified atom stereocenters. The van der Waals surface area contributed by atoms with E-state index in [0.717, 1.165) is 11.1 Å². The minimum atomic E-state index is -0.558. The first-order valence-electron chi connectivity index (χ1n) is 11.9. The van der Waals surface area contributed by atoms with Crippen LogP contribution in [0.5, 0.6) is 0 Å². The number of anilines is 1. The predicted octanol–water partition coefficient (Wildman–Crippen LogP) is 5.58. The molecule has 1 aromatic heterocycles. The van der Waals surface area contributed by atoms with Crippen molar-refractivity contribution in [2.24, 2.45) is 0 Å². The molecule has 1 aromatic carbocycles. The Bertz CT molecular complexity index is 1120. The highest BCUT2D eigenvalue weighted by molar-refractivity contribution is 6.02. The van der Waals surface area contributed by atoms with Gasteiger partial charge in [0.15, 0.2) is 5.76 Å². The van der Waals surface area contributed by atoms with Crippen LogP contribution in [-0.4, -0.2) is 47.3 Å². The van der Waals surface area contributed by atoms with Crippen LogP contribution in [0.3, 0.4) is 0 Å². The lowest BCUT2D eigenvalue weighted by Gasteiger charge is -2.29. The first kappa shape index (κ1) is 26.8. The molecule has 0 fully saturated rings. The van der Waals surface area contributed by atoms with Gasteiger partial charge >= 0.3 is 12.2 Å². The molecule has 36 heavy (non-hydrogen) atoms. The number of nitrogens with one attached hydrogen (secondary N) is 2. The molecule has 1 aliphatic heterocycles. The lowest BCUT2D eigenvalue weighted by Crippen LogP contribution is -2.39. The maximum Gasteiger partial charge on any atom is 0.410 e. The highest BCUT2D eigenvalue weighted by Gasteiger charge is 2.25. The first-order chi connectivity index (χ1) is 16.8. The average molecular weight is 498 g/mol. The zero-order valence-corrected chi connectivity index (χ0v) is 21.8. The van der Waals surface area contributed by atoms with Crippen LogP contribution in [0.4, 0.5) is 15.3 Å². The topological polar surface area (TPSA) is 110 Å². The molecular formula is C27H35N3O6. The Morgan fingerprint density at radius 3 is 2.19 bits per heavy atom. The van der Waals surface area contributed by atoms with Crippen LogP contribution in [0.2, 0.25) is 0 Å². The van der Waals surface area contributed by atoms with Crippen molar-refractivity contribution in [3.8, 4) is 0 Å². The van der Waals surface area contributed by atoms with Crippen LogP contribution in [0.25, 0.3) is 5.57 Å². The zero-order chi connectivity index (χ0) is 26.5. The highest BCUT2D eigenvalue weighted by atomic mass is 16.6. The van der Waals surface area contributed by atoms with E-state index >= 15 is 0 Å². The molecule has 9 heteroatoms. The number of rotatable bonds is 5. The van der Waals surface area contributed by atoms with Gasteiger partial charge in [-0.3, -0.25) is 4.79 Å². The number of carbonyl (C=O) groups is 3. The van der Waals surface area contributed by atoms with E-state index in [0.29, 0.717) is 37.5 Å². The molecule has 0 radical (unpaired) electrons. The molecule has 2 aromatic rings. The minimum Gasteiger partial charge on any atom is -0.451 e. The van der Waals surface area contributed by atoms with Crippen molar-refractivity contribution < 1.29 is 28.3 Å². The molecule has 3 rings (SSSR count). The molecular weight excluding hydrogens is 462 g/mol. The van der Waals surface area contributed by atoms with Crippen molar-refractivity contribution in [1.82, 2.24) is 10.2 Å². The average Bonchev–Trinajstić information content (AvgIpc) is 3.27. The van der Waals surface area contributed by atoms with Gasteiger partial charge in [-0.05, 0) is 83.4 Å². The molecule has 0 atom stereocenters. The fourth-order valence-electron chi connectivity index (χ4n) is 3.40. The summed E-state index contributed by atoms with van der Waals surface area (Å²) in [6.07, 6.45) is 1.69. The fraction of sp³-hybridized carbons (Fsp3) is 0.444. The summed E-state index contributed by atoms with van der Waals surface area (Å²) in [4.78, 5) is 38.3. The number of alkyl carbamates (subject to hydrolysis) is 1. The number of hydrogen-bond acceptors (Lipinski definition) is 6. The number of amides is 3. The zero-order valence-electron chi connectivity index (χ0n) is 21.8. The largest absolute Gasteiger partial charge is 0.451 e. The molecule has 194 valence electrons. The smallest absolute Gasteiger partial charge is 0.410 e. The van der Waals surface area contributed by atoms with Gasteiger partial charge in [-0.1, -0.05) is 18.2 Å². The number of hydrogen-bond donors (Lipinski definition) is 2. The molecule has 1 aliphatic rings. The van der Waals surface area contributed by atoms with Gasteiger partial charge in [0.25, 0.3) is 5.91 Å². The van der Waals surface area contributed by atoms with E-state index in [1.807, 2.05) is 39.0 Å². The van der Waals surface area contributed by atoms with Crippen LogP contribution in [0.1, 0.15) is 69.8 Å². The Hall–Kier alpha value is -3.75. The third-order valence-electron chi connectivity index (χ3n) is 5.05. The molecule has 0 bridgehead atoms. The Morgan fingerprint density at radius 1 is 0.944 bits per heavy atom. The standard InChI is InChI=1S/C27H35N3O6/c1-26(2,3)35-24(32)28-17-18-7-9-20(10-8-18)29-23(31)22-12-11-21(34-22)19-13-15-30(16-14-19)25(33)36-27(4,5)6/h7-13H,14-17H2,1-6H3,(H,28,32)(H,29,31). The summed E-state index contributed by atoms with van der Waals surface area (Å²) in [7, 11) is 0. The molecule has 9 nitrogen and oxygen atoms in total. The van der Waals surface area contributed by atoms with Crippen LogP contribution >= 0.6 is 0 Å². The highest BCUT2D eigenvalue weighted by Crippen LogP contribution is 2.25. The fourth-order valence-corrected chi connectivity index (χ4v) is 3.40. The maximum absolute atomic E-state index is 12.6. The summed E-state index contributed by atoms with van der Waals surface area (Å²) in [5.41, 5.74) is 1.31.